The van der Waals surface area contributed by atoms with Crippen LogP contribution in [0.5, 0.6) is 0 Å². The van der Waals surface area contributed by atoms with Crippen LogP contribution >= 0.6 is 0 Å². The monoisotopic (exact) mass is 400 g/mol. The summed E-state index contributed by atoms with van der Waals surface area (Å²) in [6.07, 6.45) is 0.508. The van der Waals surface area contributed by atoms with Crippen molar-refractivity contribution in [3.63, 3.8) is 0 Å². The topological polar surface area (TPSA) is 106 Å². The molecule has 2 aromatic carbocycles. The standard InChI is InChI=1S/C22H16N4O4/c27-21(28)19-10-9-18-20(23-12-24-26(18)19)25-22(29)30-11-17-15-7-3-1-5-13(15)14-6-2-4-8-16(14)17/h1-10,12,17H,11H2,(H,27,28)(H,23,24,25,29). The number of amides is 1. The maximum absolute atomic E-state index is 12.5. The number of nitrogens with one attached hydrogen (secondary N) is 1. The van der Waals surface area contributed by atoms with Crippen molar-refractivity contribution < 1.29 is 19.4 Å². The number of carbonyl (C=O) groups is 2. The fraction of sp³-hybridized carbons (Fsp3) is 0.0909. The van der Waals surface area contributed by atoms with Gasteiger partial charge in [0.15, 0.2) is 11.5 Å². The number of carboxylic acids is 1. The van der Waals surface area contributed by atoms with E-state index < -0.39 is 12.1 Å². The van der Waals surface area contributed by atoms with Gasteiger partial charge in [-0.2, -0.15) is 5.10 Å². The summed E-state index contributed by atoms with van der Waals surface area (Å²) in [5.74, 6) is -1.00. The molecule has 8 nitrogen and oxygen atoms in total. The number of fused-ring (bicyclic) bond motifs is 4. The van der Waals surface area contributed by atoms with Gasteiger partial charge in [-0.05, 0) is 34.4 Å². The molecule has 1 aliphatic rings. The lowest BCUT2D eigenvalue weighted by Gasteiger charge is -2.14. The van der Waals surface area contributed by atoms with Crippen molar-refractivity contribution in [3.05, 3.63) is 83.8 Å². The lowest BCUT2D eigenvalue weighted by Crippen LogP contribution is -2.19. The van der Waals surface area contributed by atoms with E-state index in [1.165, 1.54) is 23.0 Å². The van der Waals surface area contributed by atoms with Gasteiger partial charge in [-0.25, -0.2) is 19.1 Å². The van der Waals surface area contributed by atoms with Crippen molar-refractivity contribution in [3.8, 4) is 11.1 Å². The van der Waals surface area contributed by atoms with Crippen LogP contribution in [0.1, 0.15) is 27.5 Å². The molecule has 0 fully saturated rings. The van der Waals surface area contributed by atoms with E-state index in [1.54, 1.807) is 0 Å². The number of rotatable bonds is 4. The second-order valence-electron chi connectivity index (χ2n) is 6.88. The van der Waals surface area contributed by atoms with Crippen LogP contribution in [0.15, 0.2) is 67.0 Å². The summed E-state index contributed by atoms with van der Waals surface area (Å²) in [6.45, 7) is 0.169. The number of carbonyl (C=O) groups excluding carboxylic acids is 1. The molecule has 0 radical (unpaired) electrons. The van der Waals surface area contributed by atoms with E-state index >= 15 is 0 Å². The van der Waals surface area contributed by atoms with E-state index in [0.717, 1.165) is 22.3 Å². The Morgan fingerprint density at radius 2 is 1.67 bits per heavy atom. The number of hydrogen-bond donors (Lipinski definition) is 2. The molecule has 0 saturated heterocycles. The molecule has 2 N–H and O–H groups in total. The first-order valence-corrected chi connectivity index (χ1v) is 9.31. The zero-order chi connectivity index (χ0) is 20.7. The van der Waals surface area contributed by atoms with Crippen LogP contribution in [0.3, 0.4) is 0 Å². The van der Waals surface area contributed by atoms with E-state index in [2.05, 4.69) is 27.5 Å². The minimum atomic E-state index is -1.12. The highest BCUT2D eigenvalue weighted by atomic mass is 16.5. The van der Waals surface area contributed by atoms with Crippen molar-refractivity contribution in [1.29, 1.82) is 0 Å². The van der Waals surface area contributed by atoms with E-state index in [-0.39, 0.29) is 24.0 Å². The largest absolute Gasteiger partial charge is 0.477 e. The van der Waals surface area contributed by atoms with Gasteiger partial charge in [0.25, 0.3) is 0 Å². The number of carboxylic acid groups (broad SMARTS) is 1. The number of anilines is 1. The molecule has 2 aromatic heterocycles. The van der Waals surface area contributed by atoms with Gasteiger partial charge in [-0.3, -0.25) is 5.32 Å². The van der Waals surface area contributed by atoms with E-state index in [9.17, 15) is 14.7 Å². The second-order valence-corrected chi connectivity index (χ2v) is 6.88. The Hall–Kier alpha value is -4.20. The van der Waals surface area contributed by atoms with Gasteiger partial charge in [0, 0.05) is 5.92 Å². The average molecular weight is 400 g/mol. The summed E-state index contributed by atoms with van der Waals surface area (Å²) >= 11 is 0. The van der Waals surface area contributed by atoms with Gasteiger partial charge >= 0.3 is 12.1 Å². The predicted octanol–water partition coefficient (Wildman–Crippen LogP) is 3.79. The Kier molecular flexibility index (Phi) is 4.17. The van der Waals surface area contributed by atoms with Crippen LogP contribution in [0.2, 0.25) is 0 Å². The Morgan fingerprint density at radius 3 is 2.33 bits per heavy atom. The van der Waals surface area contributed by atoms with Crippen molar-refractivity contribution in [1.82, 2.24) is 14.6 Å². The van der Waals surface area contributed by atoms with Crippen molar-refractivity contribution in [2.45, 2.75) is 5.92 Å². The number of benzene rings is 2. The number of aromatic carboxylic acids is 1. The highest BCUT2D eigenvalue weighted by Crippen LogP contribution is 2.44. The molecule has 0 aliphatic heterocycles. The lowest BCUT2D eigenvalue weighted by molar-refractivity contribution is 0.0688. The maximum atomic E-state index is 12.5. The summed E-state index contributed by atoms with van der Waals surface area (Å²) in [5, 5.41) is 15.7. The molecule has 4 aromatic rings. The molecule has 1 aliphatic carbocycles. The van der Waals surface area contributed by atoms with Crippen LogP contribution < -0.4 is 5.32 Å². The molecule has 148 valence electrons. The van der Waals surface area contributed by atoms with Gasteiger partial charge in [-0.1, -0.05) is 48.5 Å². The molecule has 8 heteroatoms. The van der Waals surface area contributed by atoms with Gasteiger partial charge < -0.3 is 9.84 Å². The summed E-state index contributed by atoms with van der Waals surface area (Å²) in [6, 6.07) is 19.1. The highest BCUT2D eigenvalue weighted by molar-refractivity contribution is 5.92. The molecule has 2 heterocycles. The number of ether oxygens (including phenoxy) is 1. The van der Waals surface area contributed by atoms with Crippen LogP contribution in [0.4, 0.5) is 10.6 Å². The maximum Gasteiger partial charge on any atom is 0.412 e. The molecular formula is C22H16N4O4. The number of hydrogen-bond acceptors (Lipinski definition) is 5. The molecular weight excluding hydrogens is 384 g/mol. The first-order chi connectivity index (χ1) is 14.6. The minimum absolute atomic E-state index is 0.0250. The van der Waals surface area contributed by atoms with Crippen LogP contribution in [-0.4, -0.2) is 38.4 Å². The SMILES string of the molecule is O=C(Nc1ncnn2c(C(=O)O)ccc12)OCC1c2ccccc2-c2ccccc21. The minimum Gasteiger partial charge on any atom is -0.477 e. The number of aromatic nitrogens is 3. The van der Waals surface area contributed by atoms with Crippen molar-refractivity contribution in [2.24, 2.45) is 0 Å². The Labute approximate surface area is 170 Å². The molecule has 0 bridgehead atoms. The van der Waals surface area contributed by atoms with Gasteiger partial charge in [0.2, 0.25) is 0 Å². The van der Waals surface area contributed by atoms with Crippen molar-refractivity contribution >= 4 is 23.4 Å². The third kappa shape index (κ3) is 2.86. The van der Waals surface area contributed by atoms with Crippen LogP contribution in [-0.2, 0) is 4.74 Å². The molecule has 0 saturated carbocycles. The fourth-order valence-electron chi connectivity index (χ4n) is 3.92. The Bertz CT molecular complexity index is 1250. The lowest BCUT2D eigenvalue weighted by atomic mass is 9.98. The van der Waals surface area contributed by atoms with Gasteiger partial charge in [-0.15, -0.1) is 0 Å². The normalized spacial score (nSPS) is 12.4. The molecule has 5 rings (SSSR count). The van der Waals surface area contributed by atoms with Crippen LogP contribution in [0.25, 0.3) is 16.6 Å². The van der Waals surface area contributed by atoms with Gasteiger partial charge in [0.1, 0.15) is 18.5 Å². The smallest absolute Gasteiger partial charge is 0.412 e. The quantitative estimate of drug-likeness (QED) is 0.540. The summed E-state index contributed by atoms with van der Waals surface area (Å²) in [7, 11) is 0. The summed E-state index contributed by atoms with van der Waals surface area (Å²) in [4.78, 5) is 27.8. The molecule has 30 heavy (non-hydrogen) atoms. The average Bonchev–Trinajstić information content (AvgIpc) is 3.33. The first kappa shape index (κ1) is 17.9. The zero-order valence-corrected chi connectivity index (χ0v) is 15.6. The highest BCUT2D eigenvalue weighted by Gasteiger charge is 2.29. The predicted molar refractivity (Wildman–Crippen MR) is 109 cm³/mol. The Morgan fingerprint density at radius 1 is 1.00 bits per heavy atom. The van der Waals surface area contributed by atoms with E-state index in [1.807, 2.05) is 36.4 Å². The third-order valence-corrected chi connectivity index (χ3v) is 5.24. The summed E-state index contributed by atoms with van der Waals surface area (Å²) < 4.78 is 6.71. The van der Waals surface area contributed by atoms with Crippen molar-refractivity contribution in [2.75, 3.05) is 11.9 Å². The molecule has 1 amide bonds. The van der Waals surface area contributed by atoms with E-state index in [4.69, 9.17) is 4.74 Å². The van der Waals surface area contributed by atoms with E-state index in [0.29, 0.717) is 5.52 Å². The molecule has 0 spiro atoms. The summed E-state index contributed by atoms with van der Waals surface area (Å²) in [5.41, 5.74) is 4.87. The Balaban J connectivity index is 1.35. The fourth-order valence-corrected chi connectivity index (χ4v) is 3.92. The molecule has 0 atom stereocenters. The second kappa shape index (κ2) is 7.00. The first-order valence-electron chi connectivity index (χ1n) is 9.31. The van der Waals surface area contributed by atoms with Crippen LogP contribution in [0, 0.1) is 0 Å². The molecule has 0 unspecified atom stereocenters. The zero-order valence-electron chi connectivity index (χ0n) is 15.6. The number of nitrogens with zero attached hydrogens (tertiary/aromatic N) is 3. The van der Waals surface area contributed by atoms with Gasteiger partial charge in [0.05, 0.1) is 0 Å². The third-order valence-electron chi connectivity index (χ3n) is 5.24.